The van der Waals surface area contributed by atoms with Crippen molar-refractivity contribution in [1.82, 2.24) is 15.0 Å². The second-order valence-electron chi connectivity index (χ2n) is 5.48. The molecule has 1 aromatic heterocycles. The zero-order chi connectivity index (χ0) is 17.8. The molecule has 0 unspecified atom stereocenters. The molecule has 0 saturated heterocycles. The van der Waals surface area contributed by atoms with Crippen LogP contribution in [0, 0.1) is 6.92 Å². The van der Waals surface area contributed by atoms with E-state index in [4.69, 9.17) is 9.47 Å². The number of hydrogen-bond acceptors (Lipinski definition) is 5. The Morgan fingerprint density at radius 1 is 1.08 bits per heavy atom. The molecule has 6 nitrogen and oxygen atoms in total. The number of nitrogens with zero attached hydrogens (tertiary/aromatic N) is 3. The molecule has 0 saturated carbocycles. The molecule has 0 atom stereocenters. The number of hydrogen-bond donors (Lipinski definition) is 0. The quantitative estimate of drug-likeness (QED) is 0.667. The van der Waals surface area contributed by atoms with E-state index < -0.39 is 5.97 Å². The maximum atomic E-state index is 12.3. The Bertz CT molecular complexity index is 868. The minimum Gasteiger partial charge on any atom is -0.497 e. The van der Waals surface area contributed by atoms with Crippen LogP contribution < -0.4 is 4.74 Å². The van der Waals surface area contributed by atoms with Crippen molar-refractivity contribution in [2.24, 2.45) is 0 Å². The highest BCUT2D eigenvalue weighted by atomic mass is 16.5. The van der Waals surface area contributed by atoms with Crippen molar-refractivity contribution in [3.05, 3.63) is 59.8 Å². The molecule has 0 amide bonds. The molecule has 0 radical (unpaired) electrons. The molecular formula is C19H19N3O3. The highest BCUT2D eigenvalue weighted by Gasteiger charge is 2.23. The van der Waals surface area contributed by atoms with E-state index in [-0.39, 0.29) is 12.3 Å². The van der Waals surface area contributed by atoms with Crippen LogP contribution in [0.4, 0.5) is 0 Å². The number of esters is 1. The first kappa shape index (κ1) is 16.7. The molecule has 1 heterocycles. The summed E-state index contributed by atoms with van der Waals surface area (Å²) in [7, 11) is 1.61. The van der Waals surface area contributed by atoms with Crippen LogP contribution in [0.25, 0.3) is 16.9 Å². The van der Waals surface area contributed by atoms with Gasteiger partial charge in [0.25, 0.3) is 0 Å². The van der Waals surface area contributed by atoms with Gasteiger partial charge >= 0.3 is 5.97 Å². The minimum atomic E-state index is -0.488. The number of aromatic nitrogens is 3. The van der Waals surface area contributed by atoms with Crippen molar-refractivity contribution in [3.63, 3.8) is 0 Å². The van der Waals surface area contributed by atoms with Crippen molar-refractivity contribution in [3.8, 4) is 22.7 Å². The van der Waals surface area contributed by atoms with Gasteiger partial charge in [0.15, 0.2) is 5.69 Å². The third kappa shape index (κ3) is 3.38. The summed E-state index contributed by atoms with van der Waals surface area (Å²) in [5.41, 5.74) is 3.55. The Kier molecular flexibility index (Phi) is 4.79. The van der Waals surface area contributed by atoms with Crippen molar-refractivity contribution >= 4 is 5.97 Å². The van der Waals surface area contributed by atoms with Crippen LogP contribution in [0.15, 0.2) is 48.5 Å². The van der Waals surface area contributed by atoms with Gasteiger partial charge in [-0.2, -0.15) is 0 Å². The van der Waals surface area contributed by atoms with E-state index >= 15 is 0 Å². The molecule has 3 rings (SSSR count). The zero-order valence-corrected chi connectivity index (χ0v) is 14.4. The predicted molar refractivity (Wildman–Crippen MR) is 94.0 cm³/mol. The molecule has 0 bridgehead atoms. The molecule has 0 spiro atoms. The fourth-order valence-corrected chi connectivity index (χ4v) is 2.49. The number of carbonyl (C=O) groups excluding carboxylic acids is 1. The predicted octanol–water partition coefficient (Wildman–Crippen LogP) is 3.43. The molecule has 0 aliphatic rings. The maximum absolute atomic E-state index is 12.3. The summed E-state index contributed by atoms with van der Waals surface area (Å²) in [6.07, 6.45) is 0. The van der Waals surface area contributed by atoms with Gasteiger partial charge in [0.05, 0.1) is 19.4 Å². The monoisotopic (exact) mass is 337 g/mol. The van der Waals surface area contributed by atoms with E-state index in [0.29, 0.717) is 5.69 Å². The molecule has 25 heavy (non-hydrogen) atoms. The van der Waals surface area contributed by atoms with Gasteiger partial charge in [-0.1, -0.05) is 35.0 Å². The van der Waals surface area contributed by atoms with Crippen LogP contribution in [-0.4, -0.2) is 34.7 Å². The summed E-state index contributed by atoms with van der Waals surface area (Å²) in [6, 6.07) is 15.2. The normalized spacial score (nSPS) is 10.5. The standard InChI is InChI=1S/C19H19N3O3/c1-4-25-19(23)17-18(14-7-5-13(2)6-8-14)22(21-20-17)15-9-11-16(24-3)12-10-15/h5-12H,4H2,1-3H3. The van der Waals surface area contributed by atoms with Gasteiger partial charge in [-0.3, -0.25) is 0 Å². The lowest BCUT2D eigenvalue weighted by Crippen LogP contribution is -2.08. The van der Waals surface area contributed by atoms with Crippen molar-refractivity contribution in [2.75, 3.05) is 13.7 Å². The summed E-state index contributed by atoms with van der Waals surface area (Å²) >= 11 is 0. The van der Waals surface area contributed by atoms with Gasteiger partial charge in [-0.05, 0) is 38.1 Å². The Morgan fingerprint density at radius 2 is 1.76 bits per heavy atom. The van der Waals surface area contributed by atoms with Gasteiger partial charge in [0.1, 0.15) is 11.4 Å². The number of rotatable bonds is 5. The topological polar surface area (TPSA) is 66.2 Å². The lowest BCUT2D eigenvalue weighted by atomic mass is 10.1. The van der Waals surface area contributed by atoms with Gasteiger partial charge < -0.3 is 9.47 Å². The molecule has 0 fully saturated rings. The lowest BCUT2D eigenvalue weighted by Gasteiger charge is -2.09. The number of aryl methyl sites for hydroxylation is 1. The number of benzene rings is 2. The first-order chi connectivity index (χ1) is 12.1. The third-order valence-electron chi connectivity index (χ3n) is 3.78. The van der Waals surface area contributed by atoms with Crippen LogP contribution in [0.5, 0.6) is 5.75 Å². The van der Waals surface area contributed by atoms with E-state index in [1.807, 2.05) is 55.5 Å². The highest BCUT2D eigenvalue weighted by Crippen LogP contribution is 2.27. The average molecular weight is 337 g/mol. The third-order valence-corrected chi connectivity index (χ3v) is 3.78. The molecule has 6 heteroatoms. The van der Waals surface area contributed by atoms with E-state index in [9.17, 15) is 4.79 Å². The summed E-state index contributed by atoms with van der Waals surface area (Å²) in [5, 5.41) is 8.23. The second kappa shape index (κ2) is 7.17. The Labute approximate surface area is 146 Å². The lowest BCUT2D eigenvalue weighted by molar-refractivity contribution is 0.0520. The molecule has 128 valence electrons. The van der Waals surface area contributed by atoms with Gasteiger partial charge in [0, 0.05) is 5.56 Å². The molecular weight excluding hydrogens is 318 g/mol. The minimum absolute atomic E-state index is 0.196. The second-order valence-corrected chi connectivity index (χ2v) is 5.48. The summed E-state index contributed by atoms with van der Waals surface area (Å²) < 4.78 is 11.9. The number of carbonyl (C=O) groups is 1. The average Bonchev–Trinajstić information content (AvgIpc) is 3.08. The van der Waals surface area contributed by atoms with Crippen molar-refractivity contribution in [1.29, 1.82) is 0 Å². The first-order valence-electron chi connectivity index (χ1n) is 7.98. The molecule has 2 aromatic carbocycles. The van der Waals surface area contributed by atoms with Crippen LogP contribution in [-0.2, 0) is 4.74 Å². The summed E-state index contributed by atoms with van der Waals surface area (Å²) in [6.45, 7) is 4.05. The number of ether oxygens (including phenoxy) is 2. The fourth-order valence-electron chi connectivity index (χ4n) is 2.49. The molecule has 3 aromatic rings. The first-order valence-corrected chi connectivity index (χ1v) is 7.98. The van der Waals surface area contributed by atoms with E-state index in [2.05, 4.69) is 10.3 Å². The summed E-state index contributed by atoms with van der Waals surface area (Å²) in [4.78, 5) is 12.3. The molecule has 0 aliphatic heterocycles. The van der Waals surface area contributed by atoms with Crippen molar-refractivity contribution in [2.45, 2.75) is 13.8 Å². The molecule has 0 N–H and O–H groups in total. The fraction of sp³-hybridized carbons (Fsp3) is 0.211. The maximum Gasteiger partial charge on any atom is 0.361 e. The smallest absolute Gasteiger partial charge is 0.361 e. The highest BCUT2D eigenvalue weighted by molar-refractivity contribution is 5.94. The Morgan fingerprint density at radius 3 is 2.36 bits per heavy atom. The van der Waals surface area contributed by atoms with E-state index in [1.165, 1.54) is 0 Å². The summed E-state index contributed by atoms with van der Waals surface area (Å²) in [5.74, 6) is 0.254. The molecule has 0 aliphatic carbocycles. The van der Waals surface area contributed by atoms with Gasteiger partial charge in [-0.15, -0.1) is 5.10 Å². The van der Waals surface area contributed by atoms with Crippen LogP contribution >= 0.6 is 0 Å². The van der Waals surface area contributed by atoms with E-state index in [0.717, 1.165) is 22.6 Å². The Hall–Kier alpha value is -3.15. The Balaban J connectivity index is 2.14. The number of methoxy groups -OCH3 is 1. The van der Waals surface area contributed by atoms with Gasteiger partial charge in [0.2, 0.25) is 0 Å². The SMILES string of the molecule is CCOC(=O)c1nnn(-c2ccc(OC)cc2)c1-c1ccc(C)cc1. The zero-order valence-electron chi connectivity index (χ0n) is 14.4. The van der Waals surface area contributed by atoms with Crippen molar-refractivity contribution < 1.29 is 14.3 Å². The van der Waals surface area contributed by atoms with Gasteiger partial charge in [-0.25, -0.2) is 9.48 Å². The van der Waals surface area contributed by atoms with Crippen LogP contribution in [0.1, 0.15) is 23.0 Å². The largest absolute Gasteiger partial charge is 0.497 e. The van der Waals surface area contributed by atoms with Crippen LogP contribution in [0.2, 0.25) is 0 Å². The van der Waals surface area contributed by atoms with E-state index in [1.54, 1.807) is 18.7 Å². The van der Waals surface area contributed by atoms with Crippen LogP contribution in [0.3, 0.4) is 0 Å².